The maximum atomic E-state index is 13.5. The van der Waals surface area contributed by atoms with Gasteiger partial charge in [-0.25, -0.2) is 13.2 Å². The van der Waals surface area contributed by atoms with Crippen LogP contribution in [0.2, 0.25) is 0 Å². The number of ether oxygens (including phenoxy) is 2. The summed E-state index contributed by atoms with van der Waals surface area (Å²) in [7, 11) is -6.55. The number of carbonyl (C=O) groups excluding carboxylic acids is 1. The molecular formula is C21H29F4O6S-. The summed E-state index contributed by atoms with van der Waals surface area (Å²) in [5, 5.41) is -5.76. The summed E-state index contributed by atoms with van der Waals surface area (Å²) in [6, 6.07) is 0. The number of carbonyl (C=O) groups is 1. The smallest absolute Gasteiger partial charge is 0.396 e. The lowest BCUT2D eigenvalue weighted by atomic mass is 9.47. The van der Waals surface area contributed by atoms with Crippen molar-refractivity contribution in [3.63, 3.8) is 0 Å². The summed E-state index contributed by atoms with van der Waals surface area (Å²) in [5.41, 5.74) is -0.768. The zero-order chi connectivity index (χ0) is 24.1. The second-order valence-electron chi connectivity index (χ2n) is 9.78. The van der Waals surface area contributed by atoms with Crippen LogP contribution in [0.25, 0.3) is 0 Å². The van der Waals surface area contributed by atoms with Crippen LogP contribution in [0.4, 0.5) is 17.6 Å². The second kappa shape index (κ2) is 8.54. The van der Waals surface area contributed by atoms with Crippen molar-refractivity contribution in [3.8, 4) is 0 Å². The fourth-order valence-corrected chi connectivity index (χ4v) is 6.63. The molecule has 6 nitrogen and oxygen atoms in total. The van der Waals surface area contributed by atoms with E-state index < -0.39 is 52.5 Å². The molecule has 0 unspecified atom stereocenters. The largest absolute Gasteiger partial charge is 0.743 e. The van der Waals surface area contributed by atoms with Crippen molar-refractivity contribution in [2.75, 3.05) is 13.2 Å². The Labute approximate surface area is 185 Å². The van der Waals surface area contributed by atoms with Gasteiger partial charge in [-0.1, -0.05) is 20.4 Å². The Morgan fingerprint density at radius 3 is 2.03 bits per heavy atom. The summed E-state index contributed by atoms with van der Waals surface area (Å²) in [5.74, 6) is -3.93. The predicted octanol–water partition coefficient (Wildman–Crippen LogP) is 4.12. The number of rotatable bonds is 10. The molecule has 4 bridgehead atoms. The third-order valence-corrected chi connectivity index (χ3v) is 8.38. The summed E-state index contributed by atoms with van der Waals surface area (Å²) in [4.78, 5) is 12.7. The van der Waals surface area contributed by atoms with Gasteiger partial charge in [0.2, 0.25) is 0 Å². The Kier molecular flexibility index (Phi) is 6.78. The molecular weight excluding hydrogens is 456 g/mol. The van der Waals surface area contributed by atoms with Crippen molar-refractivity contribution in [1.82, 2.24) is 0 Å². The lowest BCUT2D eigenvalue weighted by Crippen LogP contribution is -2.62. The third kappa shape index (κ3) is 4.32. The van der Waals surface area contributed by atoms with Gasteiger partial charge in [-0.15, -0.1) is 0 Å². The van der Waals surface area contributed by atoms with E-state index in [4.69, 9.17) is 9.47 Å². The molecule has 4 aliphatic carbocycles. The zero-order valence-corrected chi connectivity index (χ0v) is 18.9. The first kappa shape index (κ1) is 25.4. The van der Waals surface area contributed by atoms with Crippen molar-refractivity contribution in [2.24, 2.45) is 29.6 Å². The second-order valence-corrected chi connectivity index (χ2v) is 11.2. The summed E-state index contributed by atoms with van der Waals surface area (Å²) in [6.45, 7) is 6.05. The molecule has 0 aromatic carbocycles. The highest BCUT2D eigenvalue weighted by Crippen LogP contribution is 2.61. The maximum Gasteiger partial charge on any atom is 0.396 e. The van der Waals surface area contributed by atoms with E-state index in [2.05, 4.69) is 6.58 Å². The van der Waals surface area contributed by atoms with E-state index in [-0.39, 0.29) is 23.3 Å². The summed E-state index contributed by atoms with van der Waals surface area (Å²) < 4.78 is 95.3. The lowest BCUT2D eigenvalue weighted by molar-refractivity contribution is -0.222. The molecule has 0 heterocycles. The van der Waals surface area contributed by atoms with Crippen LogP contribution in [-0.2, 0) is 24.4 Å². The Balaban J connectivity index is 1.56. The molecule has 184 valence electrons. The number of hydrogen-bond acceptors (Lipinski definition) is 6. The molecule has 11 heteroatoms. The van der Waals surface area contributed by atoms with Gasteiger partial charge >= 0.3 is 17.1 Å². The van der Waals surface area contributed by atoms with Gasteiger partial charge in [0.15, 0.2) is 10.1 Å². The quantitative estimate of drug-likeness (QED) is 0.152. The molecule has 0 aromatic rings. The van der Waals surface area contributed by atoms with Crippen molar-refractivity contribution in [2.45, 2.75) is 69.2 Å². The molecule has 0 N–H and O–H groups in total. The van der Waals surface area contributed by atoms with Gasteiger partial charge in [-0.3, -0.25) is 0 Å². The lowest BCUT2D eigenvalue weighted by Gasteiger charge is -2.61. The first-order valence-corrected chi connectivity index (χ1v) is 12.2. The first-order chi connectivity index (χ1) is 14.6. The third-order valence-electron chi connectivity index (χ3n) is 7.45. The highest BCUT2D eigenvalue weighted by Gasteiger charge is 2.62. The molecule has 4 saturated carbocycles. The van der Waals surface area contributed by atoms with Crippen LogP contribution >= 0.6 is 0 Å². The average molecular weight is 486 g/mol. The maximum absolute atomic E-state index is 13.5. The van der Waals surface area contributed by atoms with Gasteiger partial charge in [-0.05, 0) is 61.7 Å². The molecule has 0 radical (unpaired) electrons. The van der Waals surface area contributed by atoms with Crippen molar-refractivity contribution in [1.29, 1.82) is 0 Å². The van der Waals surface area contributed by atoms with E-state index in [0.717, 1.165) is 25.7 Å². The van der Waals surface area contributed by atoms with Gasteiger partial charge < -0.3 is 14.0 Å². The normalized spacial score (nSPS) is 32.4. The minimum atomic E-state index is -6.55. The van der Waals surface area contributed by atoms with Crippen LogP contribution in [0.3, 0.4) is 0 Å². The monoisotopic (exact) mass is 485 g/mol. The number of esters is 1. The Morgan fingerprint density at radius 2 is 1.59 bits per heavy atom. The molecule has 0 saturated heterocycles. The standard InChI is InChI=1S/C21H30F4O6S/c1-12(2)20(16-7-14-6-15(9-16)10-17(20)8-14)31-18(26)13(3)11-30-5-4-19(22,23)21(24,25)32(27,28)29/h12,14-17H,3-11H2,1-2H3,(H,27,28,29)/p-1. The molecule has 32 heavy (non-hydrogen) atoms. The van der Waals surface area contributed by atoms with Crippen LogP contribution in [0.1, 0.15) is 52.4 Å². The minimum Gasteiger partial charge on any atom is -0.743 e. The van der Waals surface area contributed by atoms with E-state index in [1.807, 2.05) is 13.8 Å². The van der Waals surface area contributed by atoms with Crippen LogP contribution in [0, 0.1) is 29.6 Å². The molecule has 4 rings (SSSR count). The topological polar surface area (TPSA) is 92.7 Å². The molecule has 4 fully saturated rings. The zero-order valence-electron chi connectivity index (χ0n) is 18.1. The fourth-order valence-electron chi connectivity index (χ4n) is 6.16. The van der Waals surface area contributed by atoms with Gasteiger partial charge in [0.25, 0.3) is 0 Å². The number of hydrogen-bond donors (Lipinski definition) is 0. The predicted molar refractivity (Wildman–Crippen MR) is 105 cm³/mol. The van der Waals surface area contributed by atoms with Crippen LogP contribution in [-0.4, -0.2) is 48.9 Å². The van der Waals surface area contributed by atoms with Gasteiger partial charge in [0.1, 0.15) is 5.60 Å². The molecule has 0 aliphatic heterocycles. The fraction of sp³-hybridized carbons (Fsp3) is 0.857. The number of alkyl halides is 4. The SMILES string of the molecule is C=C(COCCC(F)(F)C(F)(F)S(=O)(=O)[O-])C(=O)OC1(C(C)C)C2CC3CC(C2)CC1C3. The Bertz CT molecular complexity index is 826. The van der Waals surface area contributed by atoms with Crippen molar-refractivity contribution in [3.05, 3.63) is 12.2 Å². The van der Waals surface area contributed by atoms with Crippen LogP contribution in [0.15, 0.2) is 12.2 Å². The molecule has 0 atom stereocenters. The van der Waals surface area contributed by atoms with E-state index in [1.165, 1.54) is 6.42 Å². The molecule has 0 spiro atoms. The van der Waals surface area contributed by atoms with Gasteiger partial charge in [0.05, 0.1) is 18.8 Å². The highest BCUT2D eigenvalue weighted by atomic mass is 32.2. The van der Waals surface area contributed by atoms with E-state index in [9.17, 15) is 35.3 Å². The van der Waals surface area contributed by atoms with Crippen LogP contribution in [0.5, 0.6) is 0 Å². The highest BCUT2D eigenvalue weighted by molar-refractivity contribution is 7.86. The average Bonchev–Trinajstić information content (AvgIpc) is 2.66. The summed E-state index contributed by atoms with van der Waals surface area (Å²) >= 11 is 0. The van der Waals surface area contributed by atoms with E-state index in [1.54, 1.807) is 0 Å². The van der Waals surface area contributed by atoms with E-state index in [0.29, 0.717) is 11.8 Å². The van der Waals surface area contributed by atoms with E-state index >= 15 is 0 Å². The molecule has 4 aliphatic rings. The van der Waals surface area contributed by atoms with Crippen LogP contribution < -0.4 is 0 Å². The minimum absolute atomic E-state index is 0.0742. The van der Waals surface area contributed by atoms with Gasteiger partial charge in [0, 0.05) is 6.42 Å². The number of halogens is 4. The molecule has 0 amide bonds. The van der Waals surface area contributed by atoms with Crippen molar-refractivity contribution < 1.29 is 44.8 Å². The first-order valence-electron chi connectivity index (χ1n) is 10.8. The Morgan fingerprint density at radius 1 is 1.09 bits per heavy atom. The molecule has 0 aromatic heterocycles. The van der Waals surface area contributed by atoms with Crippen molar-refractivity contribution >= 4 is 16.1 Å². The van der Waals surface area contributed by atoms with Gasteiger partial charge in [-0.2, -0.15) is 17.6 Å². The summed E-state index contributed by atoms with van der Waals surface area (Å²) in [6.07, 6.45) is 3.54. The Hall–Kier alpha value is -1.20.